The van der Waals surface area contributed by atoms with Crippen LogP contribution in [0.1, 0.15) is 37.4 Å². The first kappa shape index (κ1) is 22.0. The smallest absolute Gasteiger partial charge is 0.255 e. The van der Waals surface area contributed by atoms with Crippen molar-refractivity contribution in [2.45, 2.75) is 38.4 Å². The lowest BCUT2D eigenvalue weighted by molar-refractivity contribution is -0.113. The van der Waals surface area contributed by atoms with Crippen LogP contribution in [0.25, 0.3) is 0 Å². The Morgan fingerprint density at radius 1 is 1.22 bits per heavy atom. The summed E-state index contributed by atoms with van der Waals surface area (Å²) in [7, 11) is 1.63. The van der Waals surface area contributed by atoms with Gasteiger partial charge in [-0.3, -0.25) is 4.79 Å². The predicted molar refractivity (Wildman–Crippen MR) is 128 cm³/mol. The predicted octanol–water partition coefficient (Wildman–Crippen LogP) is 5.02. The van der Waals surface area contributed by atoms with Crippen LogP contribution < -0.4 is 15.4 Å². The van der Waals surface area contributed by atoms with Gasteiger partial charge in [0.25, 0.3) is 5.91 Å². The van der Waals surface area contributed by atoms with Crippen molar-refractivity contribution < 1.29 is 9.53 Å². The van der Waals surface area contributed by atoms with Crippen molar-refractivity contribution in [3.8, 4) is 5.75 Å². The number of allylic oxidation sites excluding steroid dienone is 1. The van der Waals surface area contributed by atoms with Gasteiger partial charge in [-0.25, -0.2) is 4.68 Å². The number of hydrogen-bond donors (Lipinski definition) is 2. The first-order chi connectivity index (χ1) is 15.5. The highest BCUT2D eigenvalue weighted by Crippen LogP contribution is 2.37. The van der Waals surface area contributed by atoms with Crippen LogP contribution in [-0.2, 0) is 4.79 Å². The fourth-order valence-corrected chi connectivity index (χ4v) is 4.40. The zero-order valence-electron chi connectivity index (χ0n) is 18.7. The van der Waals surface area contributed by atoms with Crippen molar-refractivity contribution in [3.05, 3.63) is 70.9 Å². The molecule has 7 nitrogen and oxygen atoms in total. The summed E-state index contributed by atoms with van der Waals surface area (Å²) in [5.74, 6) is 2.10. The first-order valence-electron chi connectivity index (χ1n) is 10.6. The summed E-state index contributed by atoms with van der Waals surface area (Å²) in [6.45, 7) is 6.02. The Morgan fingerprint density at radius 3 is 2.78 bits per heavy atom. The summed E-state index contributed by atoms with van der Waals surface area (Å²) in [6, 6.07) is 15.1. The lowest BCUT2D eigenvalue weighted by Crippen LogP contribution is -2.31. The molecule has 0 saturated carbocycles. The Bertz CT molecular complexity index is 1170. The second kappa shape index (κ2) is 9.48. The van der Waals surface area contributed by atoms with Gasteiger partial charge in [0.05, 0.1) is 12.7 Å². The van der Waals surface area contributed by atoms with Gasteiger partial charge in [0.15, 0.2) is 0 Å². The molecule has 1 aliphatic heterocycles. The van der Waals surface area contributed by atoms with Gasteiger partial charge in [0.1, 0.15) is 11.8 Å². The number of anilines is 2. The molecule has 1 aliphatic rings. The number of hydrogen-bond acceptors (Lipinski definition) is 6. The number of amides is 1. The zero-order chi connectivity index (χ0) is 22.7. The van der Waals surface area contributed by atoms with Crippen LogP contribution in [0.2, 0.25) is 0 Å². The quantitative estimate of drug-likeness (QED) is 0.493. The number of aromatic nitrogens is 3. The monoisotopic (exact) mass is 449 g/mol. The van der Waals surface area contributed by atoms with Crippen LogP contribution in [0.3, 0.4) is 0 Å². The van der Waals surface area contributed by atoms with Gasteiger partial charge >= 0.3 is 0 Å². The van der Waals surface area contributed by atoms with Crippen molar-refractivity contribution >= 4 is 29.3 Å². The molecule has 166 valence electrons. The number of carbonyl (C=O) groups is 1. The highest BCUT2D eigenvalue weighted by atomic mass is 32.2. The van der Waals surface area contributed by atoms with Crippen molar-refractivity contribution in [1.29, 1.82) is 0 Å². The average molecular weight is 450 g/mol. The molecule has 1 amide bonds. The summed E-state index contributed by atoms with van der Waals surface area (Å²) < 4.78 is 7.24. The van der Waals surface area contributed by atoms with Gasteiger partial charge in [-0.05, 0) is 55.7 Å². The van der Waals surface area contributed by atoms with Gasteiger partial charge in [0.2, 0.25) is 11.1 Å². The molecule has 0 spiro atoms. The Kier molecular flexibility index (Phi) is 6.50. The second-order valence-electron chi connectivity index (χ2n) is 7.68. The molecule has 2 N–H and O–H groups in total. The third-order valence-corrected chi connectivity index (χ3v) is 6.24. The average Bonchev–Trinajstić information content (AvgIpc) is 3.18. The molecular weight excluding hydrogens is 422 g/mol. The maximum absolute atomic E-state index is 13.5. The topological polar surface area (TPSA) is 81.1 Å². The van der Waals surface area contributed by atoms with E-state index in [2.05, 4.69) is 22.5 Å². The molecule has 0 aliphatic carbocycles. The summed E-state index contributed by atoms with van der Waals surface area (Å²) in [4.78, 5) is 18.2. The van der Waals surface area contributed by atoms with Gasteiger partial charge in [-0.1, -0.05) is 43.0 Å². The van der Waals surface area contributed by atoms with Gasteiger partial charge in [-0.2, -0.15) is 4.98 Å². The zero-order valence-corrected chi connectivity index (χ0v) is 19.5. The fourth-order valence-electron chi connectivity index (χ4n) is 3.72. The molecule has 1 aromatic heterocycles. The minimum atomic E-state index is -0.436. The number of ether oxygens (including phenoxy) is 1. The van der Waals surface area contributed by atoms with Crippen molar-refractivity contribution in [3.63, 3.8) is 0 Å². The van der Waals surface area contributed by atoms with E-state index >= 15 is 0 Å². The van der Waals surface area contributed by atoms with E-state index < -0.39 is 6.04 Å². The molecule has 4 rings (SSSR count). The Hall–Kier alpha value is -3.26. The SMILES string of the molecule is CCCSc1nc2n(n1)C(c1cccc(OC)c1)C(C(=O)Nc1cccc(C)c1)=C(C)N2. The number of rotatable bonds is 7. The maximum atomic E-state index is 13.5. The number of aryl methyl sites for hydroxylation is 1. The number of benzene rings is 2. The minimum Gasteiger partial charge on any atom is -0.497 e. The van der Waals surface area contributed by atoms with Gasteiger partial charge in [0, 0.05) is 17.1 Å². The van der Waals surface area contributed by atoms with E-state index in [0.717, 1.165) is 40.4 Å². The number of carbonyl (C=O) groups excluding carboxylic acids is 1. The van der Waals surface area contributed by atoms with E-state index in [4.69, 9.17) is 9.84 Å². The van der Waals surface area contributed by atoms with Crippen molar-refractivity contribution in [2.75, 3.05) is 23.5 Å². The Balaban J connectivity index is 1.77. The van der Waals surface area contributed by atoms with Crippen molar-refractivity contribution in [2.24, 2.45) is 0 Å². The highest BCUT2D eigenvalue weighted by molar-refractivity contribution is 7.99. The molecule has 2 aromatic carbocycles. The van der Waals surface area contributed by atoms with Crippen LogP contribution in [0.5, 0.6) is 5.75 Å². The number of nitrogens with zero attached hydrogens (tertiary/aromatic N) is 3. The molecule has 0 bridgehead atoms. The van der Waals surface area contributed by atoms with E-state index in [1.165, 1.54) is 0 Å². The summed E-state index contributed by atoms with van der Waals surface area (Å²) >= 11 is 1.61. The second-order valence-corrected chi connectivity index (χ2v) is 8.74. The van der Waals surface area contributed by atoms with Crippen LogP contribution in [0.15, 0.2) is 65.0 Å². The number of thioether (sulfide) groups is 1. The standard InChI is InChI=1S/C24H27N5O2S/c1-5-12-32-24-27-23-25-16(3)20(22(30)26-18-10-6-8-15(2)13-18)21(29(23)28-24)17-9-7-11-19(14-17)31-4/h6-11,13-14,21H,5,12H2,1-4H3,(H,26,30)(H,25,27,28). The number of fused-ring (bicyclic) bond motifs is 1. The molecule has 2 heterocycles. The number of nitrogens with one attached hydrogen (secondary N) is 2. The third-order valence-electron chi connectivity index (χ3n) is 5.20. The Morgan fingerprint density at radius 2 is 2.03 bits per heavy atom. The Labute approximate surface area is 192 Å². The fraction of sp³-hybridized carbons (Fsp3) is 0.292. The number of methoxy groups -OCH3 is 1. The lowest BCUT2D eigenvalue weighted by atomic mass is 9.95. The molecule has 1 unspecified atom stereocenters. The molecule has 32 heavy (non-hydrogen) atoms. The molecule has 3 aromatic rings. The summed E-state index contributed by atoms with van der Waals surface area (Å²) in [5.41, 5.74) is 4.07. The summed E-state index contributed by atoms with van der Waals surface area (Å²) in [5, 5.41) is 11.8. The van der Waals surface area contributed by atoms with E-state index in [9.17, 15) is 4.79 Å². The molecule has 0 radical (unpaired) electrons. The van der Waals surface area contributed by atoms with E-state index in [1.807, 2.05) is 62.4 Å². The van der Waals surface area contributed by atoms with Crippen molar-refractivity contribution in [1.82, 2.24) is 14.8 Å². The highest BCUT2D eigenvalue weighted by Gasteiger charge is 2.34. The minimum absolute atomic E-state index is 0.183. The normalized spacial score (nSPS) is 15.2. The van der Waals surface area contributed by atoms with E-state index in [1.54, 1.807) is 23.6 Å². The maximum Gasteiger partial charge on any atom is 0.255 e. The lowest BCUT2D eigenvalue weighted by Gasteiger charge is -2.28. The van der Waals surface area contributed by atoms with Gasteiger partial charge < -0.3 is 15.4 Å². The molecule has 1 atom stereocenters. The van der Waals surface area contributed by atoms with Crippen LogP contribution in [-0.4, -0.2) is 33.5 Å². The molecule has 0 fully saturated rings. The van der Waals surface area contributed by atoms with Gasteiger partial charge in [-0.15, -0.1) is 5.10 Å². The first-order valence-corrected chi connectivity index (χ1v) is 11.6. The molecule has 8 heteroatoms. The van der Waals surface area contributed by atoms with E-state index in [-0.39, 0.29) is 5.91 Å². The van der Waals surface area contributed by atoms with Crippen LogP contribution in [0, 0.1) is 6.92 Å². The van der Waals surface area contributed by atoms with Crippen LogP contribution >= 0.6 is 11.8 Å². The van der Waals surface area contributed by atoms with E-state index in [0.29, 0.717) is 16.7 Å². The largest absolute Gasteiger partial charge is 0.497 e. The third kappa shape index (κ3) is 4.50. The summed E-state index contributed by atoms with van der Waals surface area (Å²) in [6.07, 6.45) is 1.03. The van der Waals surface area contributed by atoms with Crippen LogP contribution in [0.4, 0.5) is 11.6 Å². The molecule has 0 saturated heterocycles. The molecular formula is C24H27N5O2S.